The van der Waals surface area contributed by atoms with Crippen LogP contribution in [0.4, 0.5) is 4.39 Å². The first-order valence-electron chi connectivity index (χ1n) is 10.6. The second-order valence-corrected chi connectivity index (χ2v) is 9.29. The van der Waals surface area contributed by atoms with E-state index < -0.39 is 17.0 Å². The molecule has 1 atom stereocenters. The average molecular weight is 464 g/mol. The lowest BCUT2D eigenvalue weighted by atomic mass is 10.1. The quantitative estimate of drug-likeness (QED) is 0.522. The molecule has 2 rings (SSSR count). The fourth-order valence-corrected chi connectivity index (χ4v) is 4.10. The molecule has 9 heteroatoms. The number of rotatable bonds is 11. The third kappa shape index (κ3) is 6.91. The molecule has 0 aliphatic carbocycles. The number of nitrogens with one attached hydrogen (secondary N) is 1. The highest BCUT2D eigenvalue weighted by Gasteiger charge is 2.25. The smallest absolute Gasteiger partial charge is 0.338 e. The second kappa shape index (κ2) is 11.8. The van der Waals surface area contributed by atoms with Crippen molar-refractivity contribution in [3.8, 4) is 0 Å². The molecule has 7 nitrogen and oxygen atoms in total. The Morgan fingerprint density at radius 2 is 2.00 bits per heavy atom. The fraction of sp³-hybridized carbons (Fsp3) is 0.478. The summed E-state index contributed by atoms with van der Waals surface area (Å²) in [7, 11) is 0. The SMILES string of the molecule is CCCCc1ncc(CNC(=O)C(SC(C)=O)C(C)C)n1Cc1ccc(C(=O)O)c(F)c1. The van der Waals surface area contributed by atoms with Gasteiger partial charge in [0.25, 0.3) is 0 Å². The van der Waals surface area contributed by atoms with Gasteiger partial charge in [0.2, 0.25) is 5.91 Å². The van der Waals surface area contributed by atoms with Crippen LogP contribution in [-0.2, 0) is 29.1 Å². The molecule has 174 valence electrons. The van der Waals surface area contributed by atoms with E-state index in [9.17, 15) is 18.8 Å². The molecule has 0 aliphatic heterocycles. The zero-order valence-electron chi connectivity index (χ0n) is 18.9. The maximum absolute atomic E-state index is 14.2. The van der Waals surface area contributed by atoms with Crippen molar-refractivity contribution < 1.29 is 23.9 Å². The van der Waals surface area contributed by atoms with Gasteiger partial charge in [-0.15, -0.1) is 0 Å². The van der Waals surface area contributed by atoms with Crippen LogP contribution >= 0.6 is 11.8 Å². The first-order chi connectivity index (χ1) is 15.1. The van der Waals surface area contributed by atoms with Crippen LogP contribution < -0.4 is 5.32 Å². The van der Waals surface area contributed by atoms with E-state index in [1.165, 1.54) is 19.1 Å². The average Bonchev–Trinajstić information content (AvgIpc) is 3.09. The first-order valence-corrected chi connectivity index (χ1v) is 11.5. The molecule has 1 unspecified atom stereocenters. The van der Waals surface area contributed by atoms with E-state index in [-0.39, 0.29) is 29.0 Å². The molecule has 1 aromatic heterocycles. The number of halogens is 1. The lowest BCUT2D eigenvalue weighted by Gasteiger charge is -2.19. The minimum absolute atomic E-state index is 0.00958. The molecular weight excluding hydrogens is 433 g/mol. The van der Waals surface area contributed by atoms with E-state index in [1.54, 1.807) is 12.3 Å². The van der Waals surface area contributed by atoms with Crippen LogP contribution in [-0.4, -0.2) is 36.9 Å². The van der Waals surface area contributed by atoms with Crippen molar-refractivity contribution in [3.63, 3.8) is 0 Å². The van der Waals surface area contributed by atoms with Gasteiger partial charge in [0.15, 0.2) is 5.12 Å². The summed E-state index contributed by atoms with van der Waals surface area (Å²) in [5, 5.41) is 11.3. The largest absolute Gasteiger partial charge is 0.478 e. The van der Waals surface area contributed by atoms with Gasteiger partial charge in [0.1, 0.15) is 11.6 Å². The first kappa shape index (κ1) is 25.6. The van der Waals surface area contributed by atoms with Gasteiger partial charge in [0.05, 0.1) is 29.2 Å². The highest BCUT2D eigenvalue weighted by atomic mass is 32.2. The molecule has 0 aliphatic rings. The Labute approximate surface area is 191 Å². The number of hydrogen-bond acceptors (Lipinski definition) is 5. The zero-order valence-corrected chi connectivity index (χ0v) is 19.7. The molecule has 2 aromatic rings. The number of aromatic nitrogens is 2. The van der Waals surface area contributed by atoms with Gasteiger partial charge in [-0.1, -0.05) is 45.0 Å². The number of nitrogens with zero attached hydrogens (tertiary/aromatic N) is 2. The van der Waals surface area contributed by atoms with Crippen molar-refractivity contribution in [2.75, 3.05) is 0 Å². The maximum Gasteiger partial charge on any atom is 0.338 e. The number of imidazole rings is 1. The standard InChI is InChI=1S/C23H30FN3O4S/c1-5-6-7-20-25-11-17(12-26-22(29)21(14(2)3)32-15(4)28)27(20)13-16-8-9-18(23(30)31)19(24)10-16/h8-11,14,21H,5-7,12-13H2,1-4H3,(H,26,29)(H,30,31). The van der Waals surface area contributed by atoms with Gasteiger partial charge in [-0.25, -0.2) is 14.2 Å². The molecule has 0 radical (unpaired) electrons. The van der Waals surface area contributed by atoms with Crippen LogP contribution in [0.3, 0.4) is 0 Å². The predicted molar refractivity (Wildman–Crippen MR) is 122 cm³/mol. The maximum atomic E-state index is 14.2. The van der Waals surface area contributed by atoms with Gasteiger partial charge >= 0.3 is 5.97 Å². The van der Waals surface area contributed by atoms with E-state index in [4.69, 9.17) is 5.11 Å². The minimum Gasteiger partial charge on any atom is -0.478 e. The molecule has 1 aromatic carbocycles. The van der Waals surface area contributed by atoms with Crippen molar-refractivity contribution in [1.82, 2.24) is 14.9 Å². The Bertz CT molecular complexity index is 974. The monoisotopic (exact) mass is 463 g/mol. The molecule has 0 bridgehead atoms. The fourth-order valence-electron chi connectivity index (χ4n) is 3.28. The number of carboxylic acids is 1. The molecule has 1 amide bonds. The number of hydrogen-bond donors (Lipinski definition) is 2. The summed E-state index contributed by atoms with van der Waals surface area (Å²) in [6, 6.07) is 4.05. The number of amides is 1. The Hall–Kier alpha value is -2.68. The number of unbranched alkanes of at least 4 members (excludes halogenated alkanes) is 1. The van der Waals surface area contributed by atoms with E-state index in [0.717, 1.165) is 42.5 Å². The van der Waals surface area contributed by atoms with Gasteiger partial charge < -0.3 is 15.0 Å². The van der Waals surface area contributed by atoms with Crippen LogP contribution in [0.2, 0.25) is 0 Å². The van der Waals surface area contributed by atoms with Crippen molar-refractivity contribution in [2.24, 2.45) is 5.92 Å². The topological polar surface area (TPSA) is 101 Å². The summed E-state index contributed by atoms with van der Waals surface area (Å²) >= 11 is 1.02. The highest BCUT2D eigenvalue weighted by Crippen LogP contribution is 2.21. The zero-order chi connectivity index (χ0) is 23.8. The van der Waals surface area contributed by atoms with Crippen LogP contribution in [0, 0.1) is 11.7 Å². The van der Waals surface area contributed by atoms with Crippen molar-refractivity contribution >= 4 is 28.8 Å². The van der Waals surface area contributed by atoms with Gasteiger partial charge in [-0.3, -0.25) is 9.59 Å². The van der Waals surface area contributed by atoms with Crippen LogP contribution in [0.1, 0.15) is 68.0 Å². The molecule has 0 saturated carbocycles. The van der Waals surface area contributed by atoms with Crippen molar-refractivity contribution in [1.29, 1.82) is 0 Å². The molecular formula is C23H30FN3O4S. The highest BCUT2D eigenvalue weighted by molar-refractivity contribution is 8.14. The summed E-state index contributed by atoms with van der Waals surface area (Å²) in [5.41, 5.74) is 0.978. The number of carbonyl (C=O) groups is 3. The Morgan fingerprint density at radius 1 is 1.28 bits per heavy atom. The van der Waals surface area contributed by atoms with E-state index in [2.05, 4.69) is 17.2 Å². The lowest BCUT2D eigenvalue weighted by molar-refractivity contribution is -0.121. The van der Waals surface area contributed by atoms with Crippen LogP contribution in [0.25, 0.3) is 0 Å². The number of aromatic carboxylic acids is 1. The normalized spacial score (nSPS) is 12.1. The molecule has 1 heterocycles. The number of thioether (sulfide) groups is 1. The molecule has 2 N–H and O–H groups in total. The number of carbonyl (C=O) groups excluding carboxylic acids is 2. The molecule has 0 saturated heterocycles. The van der Waals surface area contributed by atoms with E-state index in [0.29, 0.717) is 12.1 Å². The summed E-state index contributed by atoms with van der Waals surface area (Å²) in [6.45, 7) is 7.82. The summed E-state index contributed by atoms with van der Waals surface area (Å²) in [6.07, 6.45) is 4.34. The van der Waals surface area contributed by atoms with Gasteiger partial charge in [0, 0.05) is 19.9 Å². The number of aryl methyl sites for hydroxylation is 1. The van der Waals surface area contributed by atoms with Crippen LogP contribution in [0.5, 0.6) is 0 Å². The number of carboxylic acid groups (broad SMARTS) is 1. The van der Waals surface area contributed by atoms with Crippen molar-refractivity contribution in [3.05, 3.63) is 52.9 Å². The van der Waals surface area contributed by atoms with E-state index >= 15 is 0 Å². The molecule has 32 heavy (non-hydrogen) atoms. The summed E-state index contributed by atoms with van der Waals surface area (Å²) in [5.74, 6) is -1.52. The minimum atomic E-state index is -1.31. The third-order valence-corrected chi connectivity index (χ3v) is 6.32. The van der Waals surface area contributed by atoms with Crippen LogP contribution in [0.15, 0.2) is 24.4 Å². The summed E-state index contributed by atoms with van der Waals surface area (Å²) in [4.78, 5) is 39.7. The molecule has 0 fully saturated rings. The Morgan fingerprint density at radius 3 is 2.56 bits per heavy atom. The Kier molecular flexibility index (Phi) is 9.43. The van der Waals surface area contributed by atoms with E-state index in [1.807, 2.05) is 18.4 Å². The van der Waals surface area contributed by atoms with Gasteiger partial charge in [-0.05, 0) is 30.0 Å². The Balaban J connectivity index is 2.24. The molecule has 0 spiro atoms. The summed E-state index contributed by atoms with van der Waals surface area (Å²) < 4.78 is 16.1. The lowest BCUT2D eigenvalue weighted by Crippen LogP contribution is -2.36. The number of benzene rings is 1. The van der Waals surface area contributed by atoms with Gasteiger partial charge in [-0.2, -0.15) is 0 Å². The second-order valence-electron chi connectivity index (χ2n) is 7.97. The predicted octanol–water partition coefficient (Wildman–Crippen LogP) is 4.03. The third-order valence-electron chi connectivity index (χ3n) is 4.98. The van der Waals surface area contributed by atoms with Crippen molar-refractivity contribution in [2.45, 2.75) is 65.3 Å².